The van der Waals surface area contributed by atoms with Crippen molar-refractivity contribution in [3.8, 4) is 0 Å². The molecule has 3 heteroatoms. The van der Waals surface area contributed by atoms with Crippen molar-refractivity contribution in [2.45, 2.75) is 58.0 Å². The van der Waals surface area contributed by atoms with Crippen LogP contribution in [0.4, 0.5) is 0 Å². The molecule has 0 spiro atoms. The Morgan fingerprint density at radius 3 is 2.27 bits per heavy atom. The van der Waals surface area contributed by atoms with Crippen molar-refractivity contribution >= 4 is 5.91 Å². The maximum atomic E-state index is 12.3. The van der Waals surface area contributed by atoms with Gasteiger partial charge in [0.1, 0.15) is 0 Å². The van der Waals surface area contributed by atoms with Crippen LogP contribution in [0.25, 0.3) is 0 Å². The number of aryl methyl sites for hydroxylation is 1. The molecule has 0 aliphatic carbocycles. The zero-order chi connectivity index (χ0) is 16.2. The highest BCUT2D eigenvalue weighted by molar-refractivity contribution is 5.76. The Labute approximate surface area is 134 Å². The van der Waals surface area contributed by atoms with Crippen molar-refractivity contribution in [3.63, 3.8) is 0 Å². The van der Waals surface area contributed by atoms with E-state index < -0.39 is 0 Å². The predicted octanol–water partition coefficient (Wildman–Crippen LogP) is 3.55. The third-order valence-corrected chi connectivity index (χ3v) is 4.58. The number of likely N-dealkylation sites (tertiary alicyclic amines) is 1. The van der Waals surface area contributed by atoms with Gasteiger partial charge in [0.25, 0.3) is 0 Å². The van der Waals surface area contributed by atoms with Gasteiger partial charge in [0, 0.05) is 26.6 Å². The molecule has 1 amide bonds. The van der Waals surface area contributed by atoms with Crippen LogP contribution in [0.5, 0.6) is 0 Å². The number of hydrogen-bond acceptors (Lipinski definition) is 2. The van der Waals surface area contributed by atoms with Crippen LogP contribution in [-0.4, -0.2) is 37.1 Å². The number of rotatable bonds is 4. The second-order valence-corrected chi connectivity index (χ2v) is 7.26. The lowest BCUT2D eigenvalue weighted by Crippen LogP contribution is -2.40. The van der Waals surface area contributed by atoms with E-state index in [1.165, 1.54) is 11.1 Å². The summed E-state index contributed by atoms with van der Waals surface area (Å²) in [6.07, 6.45) is 3.68. The Morgan fingerprint density at radius 2 is 1.77 bits per heavy atom. The molecular formula is C19H29NO2. The zero-order valence-electron chi connectivity index (χ0n) is 14.4. The van der Waals surface area contributed by atoms with Gasteiger partial charge in [0.15, 0.2) is 0 Å². The van der Waals surface area contributed by atoms with Crippen LogP contribution in [0, 0.1) is 0 Å². The van der Waals surface area contributed by atoms with Crippen molar-refractivity contribution in [3.05, 3.63) is 35.4 Å². The van der Waals surface area contributed by atoms with Crippen molar-refractivity contribution in [1.82, 2.24) is 4.90 Å². The number of carbonyl (C=O) groups is 1. The van der Waals surface area contributed by atoms with Crippen LogP contribution in [0.3, 0.4) is 0 Å². The van der Waals surface area contributed by atoms with Gasteiger partial charge in [-0.05, 0) is 35.8 Å². The van der Waals surface area contributed by atoms with E-state index in [4.69, 9.17) is 4.74 Å². The van der Waals surface area contributed by atoms with Gasteiger partial charge in [-0.1, -0.05) is 45.0 Å². The van der Waals surface area contributed by atoms with E-state index >= 15 is 0 Å². The molecule has 2 rings (SSSR count). The minimum Gasteiger partial charge on any atom is -0.381 e. The molecule has 1 aromatic carbocycles. The normalized spacial score (nSPS) is 16.8. The Hall–Kier alpha value is -1.35. The fourth-order valence-electron chi connectivity index (χ4n) is 2.92. The summed E-state index contributed by atoms with van der Waals surface area (Å²) in [4.78, 5) is 14.3. The van der Waals surface area contributed by atoms with E-state index in [9.17, 15) is 4.79 Å². The number of methoxy groups -OCH3 is 1. The fourth-order valence-corrected chi connectivity index (χ4v) is 2.92. The monoisotopic (exact) mass is 303 g/mol. The second kappa shape index (κ2) is 7.28. The van der Waals surface area contributed by atoms with Gasteiger partial charge in [-0.3, -0.25) is 4.79 Å². The lowest BCUT2D eigenvalue weighted by molar-refractivity contribution is -0.133. The molecule has 122 valence electrons. The van der Waals surface area contributed by atoms with E-state index in [2.05, 4.69) is 45.0 Å². The summed E-state index contributed by atoms with van der Waals surface area (Å²) in [5, 5.41) is 0. The SMILES string of the molecule is COC1CCN(C(=O)CCc2ccc(C(C)(C)C)cc2)CC1. The molecule has 0 aromatic heterocycles. The minimum atomic E-state index is 0.181. The van der Waals surface area contributed by atoms with Crippen molar-refractivity contribution in [1.29, 1.82) is 0 Å². The lowest BCUT2D eigenvalue weighted by atomic mass is 9.86. The number of amides is 1. The average molecular weight is 303 g/mol. The van der Waals surface area contributed by atoms with Gasteiger partial charge in [-0.15, -0.1) is 0 Å². The van der Waals surface area contributed by atoms with Crippen LogP contribution in [0.2, 0.25) is 0 Å². The quantitative estimate of drug-likeness (QED) is 0.851. The van der Waals surface area contributed by atoms with Crippen LogP contribution in [0.1, 0.15) is 51.2 Å². The van der Waals surface area contributed by atoms with E-state index in [0.717, 1.165) is 32.4 Å². The topological polar surface area (TPSA) is 29.5 Å². The summed E-state index contributed by atoms with van der Waals surface area (Å²) in [7, 11) is 1.75. The third-order valence-electron chi connectivity index (χ3n) is 4.58. The standard InChI is InChI=1S/C19H29NO2/c1-19(2,3)16-8-5-15(6-9-16)7-10-18(21)20-13-11-17(22-4)12-14-20/h5-6,8-9,17H,7,10-14H2,1-4H3. The van der Waals surface area contributed by atoms with Crippen LogP contribution in [0.15, 0.2) is 24.3 Å². The first-order valence-corrected chi connectivity index (χ1v) is 8.30. The molecule has 1 aromatic rings. The number of nitrogens with zero attached hydrogens (tertiary/aromatic N) is 1. The summed E-state index contributed by atoms with van der Waals surface area (Å²) in [5.41, 5.74) is 2.76. The molecule has 0 bridgehead atoms. The molecule has 0 N–H and O–H groups in total. The third kappa shape index (κ3) is 4.57. The highest BCUT2D eigenvalue weighted by Gasteiger charge is 2.22. The number of carbonyl (C=O) groups excluding carboxylic acids is 1. The minimum absolute atomic E-state index is 0.181. The molecule has 1 aliphatic heterocycles. The van der Waals surface area contributed by atoms with Gasteiger partial charge in [0.05, 0.1) is 6.10 Å². The van der Waals surface area contributed by atoms with Crippen LogP contribution in [-0.2, 0) is 21.4 Å². The largest absolute Gasteiger partial charge is 0.381 e. The van der Waals surface area contributed by atoms with Crippen molar-refractivity contribution in [2.75, 3.05) is 20.2 Å². The molecule has 1 saturated heterocycles. The molecule has 22 heavy (non-hydrogen) atoms. The van der Waals surface area contributed by atoms with Crippen LogP contribution < -0.4 is 0 Å². The van der Waals surface area contributed by atoms with Gasteiger partial charge in [-0.2, -0.15) is 0 Å². The summed E-state index contributed by atoms with van der Waals surface area (Å²) >= 11 is 0. The Bertz CT molecular complexity index is 479. The van der Waals surface area contributed by atoms with E-state index in [1.807, 2.05) is 4.90 Å². The Kier molecular flexibility index (Phi) is 5.63. The number of hydrogen-bond donors (Lipinski definition) is 0. The van der Waals surface area contributed by atoms with E-state index in [-0.39, 0.29) is 11.3 Å². The molecule has 0 saturated carbocycles. The molecule has 1 fully saturated rings. The maximum Gasteiger partial charge on any atom is 0.222 e. The van der Waals surface area contributed by atoms with Gasteiger partial charge in [-0.25, -0.2) is 0 Å². The summed E-state index contributed by atoms with van der Waals surface area (Å²) < 4.78 is 5.35. The molecule has 0 unspecified atom stereocenters. The maximum absolute atomic E-state index is 12.3. The highest BCUT2D eigenvalue weighted by atomic mass is 16.5. The lowest BCUT2D eigenvalue weighted by Gasteiger charge is -2.31. The highest BCUT2D eigenvalue weighted by Crippen LogP contribution is 2.22. The smallest absolute Gasteiger partial charge is 0.222 e. The Morgan fingerprint density at radius 1 is 1.18 bits per heavy atom. The first-order valence-electron chi connectivity index (χ1n) is 8.30. The molecule has 1 heterocycles. The van der Waals surface area contributed by atoms with Crippen LogP contribution >= 0.6 is 0 Å². The summed E-state index contributed by atoms with van der Waals surface area (Å²) in [6, 6.07) is 8.68. The molecule has 1 aliphatic rings. The first kappa shape index (κ1) is 17.0. The van der Waals surface area contributed by atoms with Gasteiger partial charge >= 0.3 is 0 Å². The van der Waals surface area contributed by atoms with Gasteiger partial charge in [0.2, 0.25) is 5.91 Å². The number of piperidine rings is 1. The van der Waals surface area contributed by atoms with E-state index in [1.54, 1.807) is 7.11 Å². The number of benzene rings is 1. The molecule has 3 nitrogen and oxygen atoms in total. The Balaban J connectivity index is 1.81. The molecular weight excluding hydrogens is 274 g/mol. The van der Waals surface area contributed by atoms with Crippen molar-refractivity contribution in [2.24, 2.45) is 0 Å². The summed E-state index contributed by atoms with van der Waals surface area (Å²) in [5.74, 6) is 0.273. The predicted molar refractivity (Wildman–Crippen MR) is 90.1 cm³/mol. The van der Waals surface area contributed by atoms with E-state index in [0.29, 0.717) is 12.5 Å². The molecule has 0 radical (unpaired) electrons. The van der Waals surface area contributed by atoms with Crippen molar-refractivity contribution < 1.29 is 9.53 Å². The fraction of sp³-hybridized carbons (Fsp3) is 0.632. The summed E-state index contributed by atoms with van der Waals surface area (Å²) in [6.45, 7) is 8.32. The number of ether oxygens (including phenoxy) is 1. The zero-order valence-corrected chi connectivity index (χ0v) is 14.4. The first-order chi connectivity index (χ1) is 10.4. The van der Waals surface area contributed by atoms with Gasteiger partial charge < -0.3 is 9.64 Å². The second-order valence-electron chi connectivity index (χ2n) is 7.26. The average Bonchev–Trinajstić information content (AvgIpc) is 2.52. The molecule has 0 atom stereocenters.